The van der Waals surface area contributed by atoms with Crippen LogP contribution < -0.4 is 10.9 Å². The molecule has 2 amide bonds. The smallest absolute Gasteiger partial charge is 0.271 e. The Kier molecular flexibility index (Phi) is 5.75. The van der Waals surface area contributed by atoms with Gasteiger partial charge >= 0.3 is 0 Å². The van der Waals surface area contributed by atoms with Gasteiger partial charge in [0.1, 0.15) is 0 Å². The lowest BCUT2D eigenvalue weighted by Gasteiger charge is -2.09. The second kappa shape index (κ2) is 8.21. The van der Waals surface area contributed by atoms with Crippen LogP contribution in [0.5, 0.6) is 0 Å². The number of carbonyl (C=O) groups excluding carboxylic acids is 2. The number of carbonyl (C=O) groups is 2. The Balaban J connectivity index is 1.56. The van der Waals surface area contributed by atoms with Crippen LogP contribution in [0.2, 0.25) is 5.02 Å². The van der Waals surface area contributed by atoms with Crippen molar-refractivity contribution in [3.63, 3.8) is 0 Å². The Labute approximate surface area is 160 Å². The minimum absolute atomic E-state index is 0.133. The molecular weight excluding hydrogens is 370 g/mol. The van der Waals surface area contributed by atoms with Gasteiger partial charge in [-0.05, 0) is 36.8 Å². The highest BCUT2D eigenvalue weighted by atomic mass is 35.5. The maximum absolute atomic E-state index is 12.0. The van der Waals surface area contributed by atoms with Crippen LogP contribution in [-0.2, 0) is 4.79 Å². The van der Waals surface area contributed by atoms with Gasteiger partial charge in [0.25, 0.3) is 5.91 Å². The quantitative estimate of drug-likeness (QED) is 0.530. The predicted octanol–water partition coefficient (Wildman–Crippen LogP) is 3.75. The molecule has 0 unspecified atom stereocenters. The summed E-state index contributed by atoms with van der Waals surface area (Å²) in [7, 11) is 0. The molecule has 3 aromatic rings. The van der Waals surface area contributed by atoms with Gasteiger partial charge in [0, 0.05) is 5.39 Å². The maximum atomic E-state index is 12.0. The van der Waals surface area contributed by atoms with Gasteiger partial charge in [-0.25, -0.2) is 4.98 Å². The molecule has 0 spiro atoms. The normalized spacial score (nSPS) is 10.5. The van der Waals surface area contributed by atoms with Crippen molar-refractivity contribution in [2.24, 2.45) is 0 Å². The SMILES string of the molecule is Cc1cc(SCC(=O)NNC(=O)c2ccccc2Cl)nc2ccccc12. The lowest BCUT2D eigenvalue weighted by molar-refractivity contribution is -0.119. The largest absolute Gasteiger partial charge is 0.272 e. The maximum Gasteiger partial charge on any atom is 0.271 e. The topological polar surface area (TPSA) is 71.1 Å². The zero-order chi connectivity index (χ0) is 18.5. The average molecular weight is 386 g/mol. The lowest BCUT2D eigenvalue weighted by Crippen LogP contribution is -2.42. The van der Waals surface area contributed by atoms with E-state index in [4.69, 9.17) is 11.6 Å². The Morgan fingerprint density at radius 1 is 1.08 bits per heavy atom. The highest BCUT2D eigenvalue weighted by Gasteiger charge is 2.11. The molecule has 26 heavy (non-hydrogen) atoms. The summed E-state index contributed by atoms with van der Waals surface area (Å²) < 4.78 is 0. The van der Waals surface area contributed by atoms with E-state index in [9.17, 15) is 9.59 Å². The number of pyridine rings is 1. The van der Waals surface area contributed by atoms with E-state index in [0.29, 0.717) is 10.6 Å². The first kappa shape index (κ1) is 18.2. The van der Waals surface area contributed by atoms with E-state index in [0.717, 1.165) is 21.5 Å². The number of halogens is 1. The van der Waals surface area contributed by atoms with Crippen molar-refractivity contribution >= 4 is 46.1 Å². The predicted molar refractivity (Wildman–Crippen MR) is 104 cm³/mol. The first-order valence-electron chi connectivity index (χ1n) is 7.87. The summed E-state index contributed by atoms with van der Waals surface area (Å²) in [5.41, 5.74) is 7.04. The molecule has 0 aliphatic heterocycles. The van der Waals surface area contributed by atoms with Crippen molar-refractivity contribution in [3.05, 3.63) is 70.7 Å². The number of para-hydroxylation sites is 1. The molecule has 0 bridgehead atoms. The minimum Gasteiger partial charge on any atom is -0.272 e. The minimum atomic E-state index is -0.464. The fraction of sp³-hybridized carbons (Fsp3) is 0.105. The molecule has 2 N–H and O–H groups in total. The molecule has 0 atom stereocenters. The summed E-state index contributed by atoms with van der Waals surface area (Å²) in [5, 5.41) is 2.17. The van der Waals surface area contributed by atoms with E-state index in [1.54, 1.807) is 24.3 Å². The number of amides is 2. The third-order valence-corrected chi connectivity index (χ3v) is 4.93. The standard InChI is InChI=1S/C19H16ClN3O2S/c1-12-10-18(21-16-9-5-3-6-13(12)16)26-11-17(24)22-23-19(25)14-7-2-4-8-15(14)20/h2-10H,11H2,1H3,(H,22,24)(H,23,25). The van der Waals surface area contributed by atoms with Crippen LogP contribution in [0.1, 0.15) is 15.9 Å². The number of aryl methyl sites for hydroxylation is 1. The van der Waals surface area contributed by atoms with E-state index < -0.39 is 5.91 Å². The van der Waals surface area contributed by atoms with E-state index >= 15 is 0 Å². The molecule has 0 saturated heterocycles. The molecule has 7 heteroatoms. The van der Waals surface area contributed by atoms with Crippen LogP contribution in [0.15, 0.2) is 59.6 Å². The van der Waals surface area contributed by atoms with Crippen molar-refractivity contribution < 1.29 is 9.59 Å². The van der Waals surface area contributed by atoms with E-state index in [2.05, 4.69) is 15.8 Å². The third kappa shape index (κ3) is 4.33. The molecule has 0 fully saturated rings. The van der Waals surface area contributed by atoms with Crippen molar-refractivity contribution in [2.75, 3.05) is 5.75 Å². The highest BCUT2D eigenvalue weighted by Crippen LogP contribution is 2.23. The molecule has 1 aromatic heterocycles. The van der Waals surface area contributed by atoms with E-state index in [1.807, 2.05) is 37.3 Å². The number of hydrogen-bond donors (Lipinski definition) is 2. The molecule has 1 heterocycles. The van der Waals surface area contributed by atoms with E-state index in [1.165, 1.54) is 11.8 Å². The van der Waals surface area contributed by atoms with Gasteiger partial charge in [-0.15, -0.1) is 0 Å². The number of thioether (sulfide) groups is 1. The second-order valence-electron chi connectivity index (χ2n) is 5.57. The van der Waals surface area contributed by atoms with Crippen LogP contribution in [0.25, 0.3) is 10.9 Å². The van der Waals surface area contributed by atoms with Crippen LogP contribution >= 0.6 is 23.4 Å². The number of hydrogen-bond acceptors (Lipinski definition) is 4. The molecule has 0 aliphatic rings. The number of nitrogens with zero attached hydrogens (tertiary/aromatic N) is 1. The first-order chi connectivity index (χ1) is 12.5. The van der Waals surface area contributed by atoms with Gasteiger partial charge in [-0.1, -0.05) is 53.7 Å². The van der Waals surface area contributed by atoms with Crippen LogP contribution in [0.3, 0.4) is 0 Å². The number of nitrogens with one attached hydrogen (secondary N) is 2. The first-order valence-corrected chi connectivity index (χ1v) is 9.24. The number of aromatic nitrogens is 1. The fourth-order valence-corrected chi connectivity index (χ4v) is 3.40. The molecule has 132 valence electrons. The highest BCUT2D eigenvalue weighted by molar-refractivity contribution is 7.99. The second-order valence-corrected chi connectivity index (χ2v) is 6.97. The Bertz CT molecular complexity index is 978. The monoisotopic (exact) mass is 385 g/mol. The van der Waals surface area contributed by atoms with Crippen LogP contribution in [-0.4, -0.2) is 22.6 Å². The average Bonchev–Trinajstić information content (AvgIpc) is 2.65. The third-order valence-electron chi connectivity index (χ3n) is 3.68. The number of fused-ring (bicyclic) bond motifs is 1. The summed E-state index contributed by atoms with van der Waals surface area (Å²) in [6, 6.07) is 16.4. The molecule has 5 nitrogen and oxygen atoms in total. The van der Waals surface area contributed by atoms with Gasteiger partial charge in [0.2, 0.25) is 5.91 Å². The Hall–Kier alpha value is -2.57. The van der Waals surface area contributed by atoms with Gasteiger partial charge < -0.3 is 0 Å². The zero-order valence-corrected chi connectivity index (χ0v) is 15.5. The summed E-state index contributed by atoms with van der Waals surface area (Å²) >= 11 is 7.26. The van der Waals surface area contributed by atoms with Crippen molar-refractivity contribution in [2.45, 2.75) is 11.9 Å². The summed E-state index contributed by atoms with van der Waals surface area (Å²) in [4.78, 5) is 28.5. The van der Waals surface area contributed by atoms with Gasteiger partial charge in [0.15, 0.2) is 0 Å². The van der Waals surface area contributed by atoms with Gasteiger partial charge in [0.05, 0.1) is 26.9 Å². The van der Waals surface area contributed by atoms with Gasteiger partial charge in [-0.2, -0.15) is 0 Å². The van der Waals surface area contributed by atoms with Crippen molar-refractivity contribution in [1.29, 1.82) is 0 Å². The summed E-state index contributed by atoms with van der Waals surface area (Å²) in [5.74, 6) is -0.662. The molecule has 0 aliphatic carbocycles. The number of rotatable bonds is 4. The molecule has 0 saturated carbocycles. The number of benzene rings is 2. The lowest BCUT2D eigenvalue weighted by atomic mass is 10.1. The van der Waals surface area contributed by atoms with Crippen molar-refractivity contribution in [3.8, 4) is 0 Å². The van der Waals surface area contributed by atoms with Crippen LogP contribution in [0, 0.1) is 6.92 Å². The molecule has 2 aromatic carbocycles. The van der Waals surface area contributed by atoms with E-state index in [-0.39, 0.29) is 11.7 Å². The summed E-state index contributed by atoms with van der Waals surface area (Å²) in [6.45, 7) is 2.01. The summed E-state index contributed by atoms with van der Waals surface area (Å²) in [6.07, 6.45) is 0. The number of hydrazine groups is 1. The van der Waals surface area contributed by atoms with Crippen molar-refractivity contribution in [1.82, 2.24) is 15.8 Å². The van der Waals surface area contributed by atoms with Gasteiger partial charge in [-0.3, -0.25) is 20.4 Å². The zero-order valence-electron chi connectivity index (χ0n) is 14.0. The molecular formula is C19H16ClN3O2S. The van der Waals surface area contributed by atoms with Crippen LogP contribution in [0.4, 0.5) is 0 Å². The Morgan fingerprint density at radius 2 is 1.81 bits per heavy atom. The Morgan fingerprint density at radius 3 is 2.62 bits per heavy atom. The molecule has 0 radical (unpaired) electrons. The molecule has 3 rings (SSSR count). The fourth-order valence-electron chi connectivity index (χ4n) is 2.41.